The molecule has 0 aliphatic carbocycles. The molecule has 120 valence electrons. The van der Waals surface area contributed by atoms with E-state index in [2.05, 4.69) is 44.0 Å². The van der Waals surface area contributed by atoms with Crippen molar-refractivity contribution in [2.45, 2.75) is 71.6 Å². The molecule has 0 amide bonds. The number of aryl methyl sites for hydroxylation is 1. The van der Waals surface area contributed by atoms with Gasteiger partial charge in [-0.15, -0.1) is 0 Å². The molecule has 0 spiro atoms. The average molecular weight is 299 g/mol. The summed E-state index contributed by atoms with van der Waals surface area (Å²) in [6.07, 6.45) is 8.68. The summed E-state index contributed by atoms with van der Waals surface area (Å²) in [5.41, 5.74) is 3.09. The molecule has 0 fully saturated rings. The molecule has 1 heterocycles. The van der Waals surface area contributed by atoms with Gasteiger partial charge in [0.25, 0.3) is 0 Å². The second-order valence-corrected chi connectivity index (χ2v) is 6.41. The van der Waals surface area contributed by atoms with Gasteiger partial charge in [-0.3, -0.25) is 0 Å². The van der Waals surface area contributed by atoms with Crippen molar-refractivity contribution in [3.8, 4) is 5.88 Å². The third-order valence-corrected chi connectivity index (χ3v) is 4.57. The second kappa shape index (κ2) is 8.17. The van der Waals surface area contributed by atoms with Crippen LogP contribution in [-0.4, -0.2) is 10.1 Å². The number of fused-ring (bicyclic) bond motifs is 1. The molecule has 2 rings (SSSR count). The first-order chi connectivity index (χ1) is 10.7. The van der Waals surface area contributed by atoms with E-state index < -0.39 is 0 Å². The van der Waals surface area contributed by atoms with Gasteiger partial charge < -0.3 is 5.11 Å². The average Bonchev–Trinajstić information content (AvgIpc) is 2.51. The van der Waals surface area contributed by atoms with Crippen molar-refractivity contribution in [3.63, 3.8) is 0 Å². The molecule has 2 aromatic rings. The fraction of sp³-hybridized carbons (Fsp3) is 0.550. The molecule has 1 aromatic heterocycles. The Bertz CT molecular complexity index is 606. The van der Waals surface area contributed by atoms with Crippen LogP contribution in [-0.2, 0) is 0 Å². The smallest absolute Gasteiger partial charge is 0.214 e. The van der Waals surface area contributed by atoms with E-state index in [1.807, 2.05) is 6.07 Å². The molecule has 1 aromatic carbocycles. The number of pyridine rings is 1. The maximum atomic E-state index is 10.3. The Hall–Kier alpha value is -1.57. The summed E-state index contributed by atoms with van der Waals surface area (Å²) in [6, 6.07) is 8.38. The number of nitrogens with zero attached hydrogens (tertiary/aromatic N) is 1. The van der Waals surface area contributed by atoms with Crippen LogP contribution < -0.4 is 0 Å². The number of unbranched alkanes of at least 4 members (excludes halogenated alkanes) is 4. The zero-order chi connectivity index (χ0) is 15.9. The van der Waals surface area contributed by atoms with Crippen LogP contribution in [0.2, 0.25) is 0 Å². The Morgan fingerprint density at radius 2 is 1.82 bits per heavy atom. The normalized spacial score (nSPS) is 12.7. The summed E-state index contributed by atoms with van der Waals surface area (Å²) < 4.78 is 0. The first kappa shape index (κ1) is 16.8. The number of rotatable bonds is 8. The Kier molecular flexibility index (Phi) is 6.23. The Morgan fingerprint density at radius 3 is 2.55 bits per heavy atom. The molecule has 2 heteroatoms. The van der Waals surface area contributed by atoms with E-state index in [0.29, 0.717) is 5.92 Å². The minimum atomic E-state index is 0.221. The van der Waals surface area contributed by atoms with Crippen LogP contribution in [0.5, 0.6) is 5.88 Å². The van der Waals surface area contributed by atoms with Gasteiger partial charge in [-0.05, 0) is 43.4 Å². The molecule has 0 saturated heterocycles. The highest BCUT2D eigenvalue weighted by Crippen LogP contribution is 2.33. The predicted octanol–water partition coefficient (Wildman–Crippen LogP) is 6.10. The molecule has 2 nitrogen and oxygen atoms in total. The van der Waals surface area contributed by atoms with E-state index in [0.717, 1.165) is 29.3 Å². The van der Waals surface area contributed by atoms with Crippen molar-refractivity contribution < 1.29 is 5.11 Å². The van der Waals surface area contributed by atoms with Gasteiger partial charge in [-0.2, -0.15) is 0 Å². The molecule has 22 heavy (non-hydrogen) atoms. The quantitative estimate of drug-likeness (QED) is 0.597. The monoisotopic (exact) mass is 299 g/mol. The molecule has 0 aliphatic rings. The van der Waals surface area contributed by atoms with Gasteiger partial charge in [0.1, 0.15) is 0 Å². The van der Waals surface area contributed by atoms with Crippen LogP contribution in [0.15, 0.2) is 24.3 Å². The molecule has 0 radical (unpaired) electrons. The topological polar surface area (TPSA) is 33.1 Å². The van der Waals surface area contributed by atoms with Crippen molar-refractivity contribution in [1.29, 1.82) is 0 Å². The van der Waals surface area contributed by atoms with Gasteiger partial charge in [-0.25, -0.2) is 4.98 Å². The number of aromatic nitrogens is 1. The summed E-state index contributed by atoms with van der Waals surface area (Å²) in [5.74, 6) is 0.637. The zero-order valence-electron chi connectivity index (χ0n) is 14.2. The molecular formula is C20H29NO. The van der Waals surface area contributed by atoms with E-state index in [-0.39, 0.29) is 5.88 Å². The molecule has 1 unspecified atom stereocenters. The third kappa shape index (κ3) is 4.22. The van der Waals surface area contributed by atoms with Gasteiger partial charge in [-0.1, -0.05) is 58.1 Å². The summed E-state index contributed by atoms with van der Waals surface area (Å²) in [5, 5.41) is 11.5. The van der Waals surface area contributed by atoms with Crippen LogP contribution in [0.25, 0.3) is 10.9 Å². The molecule has 0 bridgehead atoms. The Balaban J connectivity index is 2.12. The van der Waals surface area contributed by atoms with Gasteiger partial charge >= 0.3 is 0 Å². The van der Waals surface area contributed by atoms with Gasteiger partial charge in [0.15, 0.2) is 0 Å². The van der Waals surface area contributed by atoms with E-state index in [9.17, 15) is 5.11 Å². The zero-order valence-corrected chi connectivity index (χ0v) is 14.2. The van der Waals surface area contributed by atoms with E-state index in [1.165, 1.54) is 37.7 Å². The molecule has 0 aliphatic heterocycles. The fourth-order valence-corrected chi connectivity index (χ4v) is 3.16. The van der Waals surface area contributed by atoms with Crippen molar-refractivity contribution in [1.82, 2.24) is 4.98 Å². The highest BCUT2D eigenvalue weighted by molar-refractivity contribution is 5.80. The van der Waals surface area contributed by atoms with Gasteiger partial charge in [0.05, 0.1) is 5.52 Å². The largest absolute Gasteiger partial charge is 0.493 e. The van der Waals surface area contributed by atoms with Gasteiger partial charge in [0, 0.05) is 10.9 Å². The molecule has 1 atom stereocenters. The molecule has 0 saturated carbocycles. The van der Waals surface area contributed by atoms with Crippen molar-refractivity contribution in [2.75, 3.05) is 0 Å². The lowest BCUT2D eigenvalue weighted by atomic mass is 9.90. The Labute approximate surface area is 134 Å². The lowest BCUT2D eigenvalue weighted by Gasteiger charge is -2.17. The molecular weight excluding hydrogens is 270 g/mol. The summed E-state index contributed by atoms with van der Waals surface area (Å²) in [6.45, 7) is 6.50. The maximum Gasteiger partial charge on any atom is 0.214 e. The first-order valence-electron chi connectivity index (χ1n) is 8.76. The highest BCUT2D eigenvalue weighted by Gasteiger charge is 2.15. The highest BCUT2D eigenvalue weighted by atomic mass is 16.3. The van der Waals surface area contributed by atoms with Crippen molar-refractivity contribution in [2.24, 2.45) is 0 Å². The van der Waals surface area contributed by atoms with Crippen LogP contribution in [0.4, 0.5) is 0 Å². The predicted molar refractivity (Wildman–Crippen MR) is 94.6 cm³/mol. The second-order valence-electron chi connectivity index (χ2n) is 6.41. The maximum absolute atomic E-state index is 10.3. The minimum absolute atomic E-state index is 0.221. The molecule has 1 N–H and O–H groups in total. The van der Waals surface area contributed by atoms with E-state index >= 15 is 0 Å². The number of hydrogen-bond donors (Lipinski definition) is 1. The summed E-state index contributed by atoms with van der Waals surface area (Å²) >= 11 is 0. The standard InChI is InChI=1S/C20H29NO/c1-4-6-7-8-9-10-16(5-2)18-14-17-12-11-15(3)13-19(17)21-20(18)22/h11-14,16H,4-10H2,1-3H3,(H,21,22). The van der Waals surface area contributed by atoms with E-state index in [1.54, 1.807) is 0 Å². The SMILES string of the molecule is CCCCCCCC(CC)c1cc2ccc(C)cc2nc1O. The number of aromatic hydroxyl groups is 1. The van der Waals surface area contributed by atoms with Crippen molar-refractivity contribution in [3.05, 3.63) is 35.4 Å². The van der Waals surface area contributed by atoms with E-state index in [4.69, 9.17) is 0 Å². The Morgan fingerprint density at radius 1 is 1.05 bits per heavy atom. The summed E-state index contributed by atoms with van der Waals surface area (Å²) in [4.78, 5) is 4.42. The summed E-state index contributed by atoms with van der Waals surface area (Å²) in [7, 11) is 0. The first-order valence-corrected chi connectivity index (χ1v) is 8.76. The van der Waals surface area contributed by atoms with Crippen LogP contribution in [0, 0.1) is 6.92 Å². The third-order valence-electron chi connectivity index (χ3n) is 4.57. The lowest BCUT2D eigenvalue weighted by Crippen LogP contribution is -2.00. The number of hydrogen-bond acceptors (Lipinski definition) is 2. The number of benzene rings is 1. The lowest BCUT2D eigenvalue weighted by molar-refractivity contribution is 0.433. The van der Waals surface area contributed by atoms with Gasteiger partial charge in [0.2, 0.25) is 5.88 Å². The van der Waals surface area contributed by atoms with Crippen LogP contribution in [0.3, 0.4) is 0 Å². The fourth-order valence-electron chi connectivity index (χ4n) is 3.16. The van der Waals surface area contributed by atoms with Crippen molar-refractivity contribution >= 4 is 10.9 Å². The minimum Gasteiger partial charge on any atom is -0.493 e. The van der Waals surface area contributed by atoms with Crippen LogP contribution >= 0.6 is 0 Å². The van der Waals surface area contributed by atoms with Crippen LogP contribution in [0.1, 0.15) is 75.8 Å².